The molecule has 0 aliphatic carbocycles. The highest BCUT2D eigenvalue weighted by Gasteiger charge is 2.30. The van der Waals surface area contributed by atoms with E-state index in [0.29, 0.717) is 0 Å². The minimum atomic E-state index is -0.449. The molecule has 1 aliphatic rings. The maximum atomic E-state index is 11.4. The smallest absolute Gasteiger partial charge is 0.228 e. The molecule has 1 saturated heterocycles. The Balaban J connectivity index is 2.27. The first kappa shape index (κ1) is 9.40. The van der Waals surface area contributed by atoms with Crippen molar-refractivity contribution < 1.29 is 9.59 Å². The average molecular weight is 254 g/mol. The number of halogens is 1. The van der Waals surface area contributed by atoms with E-state index in [1.165, 1.54) is 0 Å². The maximum Gasteiger partial charge on any atom is 0.228 e. The molecule has 0 saturated carbocycles. The summed E-state index contributed by atoms with van der Waals surface area (Å²) in [5.74, 6) is -0.250. The SMILES string of the molecule is O=C1CC(=O)[C@@H](c2ccc(Br)cc2)N1. The summed E-state index contributed by atoms with van der Waals surface area (Å²) in [6.45, 7) is 0. The van der Waals surface area contributed by atoms with Gasteiger partial charge in [0.2, 0.25) is 5.91 Å². The molecule has 72 valence electrons. The number of nitrogens with one attached hydrogen (secondary N) is 1. The minimum absolute atomic E-state index is 0.000725. The Bertz CT molecular complexity index is 386. The van der Waals surface area contributed by atoms with E-state index in [1.807, 2.05) is 24.3 Å². The van der Waals surface area contributed by atoms with Crippen molar-refractivity contribution in [1.29, 1.82) is 0 Å². The maximum absolute atomic E-state index is 11.4. The highest BCUT2D eigenvalue weighted by molar-refractivity contribution is 9.10. The minimum Gasteiger partial charge on any atom is -0.342 e. The molecule has 0 aromatic heterocycles. The van der Waals surface area contributed by atoms with Gasteiger partial charge in [0.05, 0.1) is 6.42 Å². The van der Waals surface area contributed by atoms with E-state index in [0.717, 1.165) is 10.0 Å². The first-order valence-corrected chi connectivity index (χ1v) is 5.03. The molecule has 1 aromatic carbocycles. The lowest BCUT2D eigenvalue weighted by atomic mass is 10.0. The van der Waals surface area contributed by atoms with Crippen LogP contribution in [-0.4, -0.2) is 11.7 Å². The molecule has 1 heterocycles. The first-order chi connectivity index (χ1) is 6.66. The Labute approximate surface area is 89.6 Å². The number of hydrogen-bond acceptors (Lipinski definition) is 2. The average Bonchev–Trinajstić information content (AvgIpc) is 2.47. The summed E-state index contributed by atoms with van der Waals surface area (Å²) in [5, 5.41) is 2.64. The summed E-state index contributed by atoms with van der Waals surface area (Å²) >= 11 is 3.31. The van der Waals surface area contributed by atoms with Gasteiger partial charge in [-0.1, -0.05) is 28.1 Å². The standard InChI is InChI=1S/C10H8BrNO2/c11-7-3-1-6(2-4-7)10-8(13)5-9(14)12-10/h1-4,10H,5H2,(H,12,14)/t10-/m1/s1. The number of rotatable bonds is 1. The van der Waals surface area contributed by atoms with Crippen molar-refractivity contribution >= 4 is 27.6 Å². The number of carbonyl (C=O) groups is 2. The van der Waals surface area contributed by atoms with Crippen molar-refractivity contribution in [2.75, 3.05) is 0 Å². The van der Waals surface area contributed by atoms with Gasteiger partial charge < -0.3 is 5.32 Å². The monoisotopic (exact) mass is 253 g/mol. The van der Waals surface area contributed by atoms with Crippen LogP contribution >= 0.6 is 15.9 Å². The molecule has 3 nitrogen and oxygen atoms in total. The molecular formula is C10H8BrNO2. The molecule has 1 N–H and O–H groups in total. The van der Waals surface area contributed by atoms with Crippen LogP contribution in [0.5, 0.6) is 0 Å². The van der Waals surface area contributed by atoms with E-state index < -0.39 is 6.04 Å². The Morgan fingerprint density at radius 2 is 1.86 bits per heavy atom. The molecule has 1 atom stereocenters. The summed E-state index contributed by atoms with van der Waals surface area (Å²) in [6.07, 6.45) is 0.000725. The number of benzene rings is 1. The van der Waals surface area contributed by atoms with E-state index in [-0.39, 0.29) is 18.1 Å². The normalized spacial score (nSPS) is 21.1. The van der Waals surface area contributed by atoms with Gasteiger partial charge in [0.15, 0.2) is 5.78 Å². The number of ketones is 1. The zero-order valence-electron chi connectivity index (χ0n) is 7.29. The van der Waals surface area contributed by atoms with E-state index in [1.54, 1.807) is 0 Å². The Morgan fingerprint density at radius 3 is 2.36 bits per heavy atom. The van der Waals surface area contributed by atoms with Gasteiger partial charge in [-0.15, -0.1) is 0 Å². The van der Waals surface area contributed by atoms with E-state index >= 15 is 0 Å². The van der Waals surface area contributed by atoms with Gasteiger partial charge >= 0.3 is 0 Å². The highest BCUT2D eigenvalue weighted by Crippen LogP contribution is 2.22. The molecule has 4 heteroatoms. The molecule has 2 rings (SSSR count). The molecule has 0 unspecified atom stereocenters. The van der Waals surface area contributed by atoms with Crippen molar-refractivity contribution in [3.05, 3.63) is 34.3 Å². The van der Waals surface area contributed by atoms with E-state index in [4.69, 9.17) is 0 Å². The summed E-state index contributed by atoms with van der Waals surface area (Å²) in [6, 6.07) is 6.92. The van der Waals surface area contributed by atoms with Gasteiger partial charge in [-0.05, 0) is 17.7 Å². The Morgan fingerprint density at radius 1 is 1.21 bits per heavy atom. The molecule has 0 spiro atoms. The van der Waals surface area contributed by atoms with E-state index in [9.17, 15) is 9.59 Å². The van der Waals surface area contributed by atoms with Gasteiger partial charge in [-0.3, -0.25) is 9.59 Å². The number of hydrogen-bond donors (Lipinski definition) is 1. The summed E-state index contributed by atoms with van der Waals surface area (Å²) in [4.78, 5) is 22.3. The van der Waals surface area contributed by atoms with Gasteiger partial charge in [0, 0.05) is 4.47 Å². The predicted octanol–water partition coefficient (Wildman–Crippen LogP) is 1.58. The van der Waals surface area contributed by atoms with Crippen LogP contribution in [0.15, 0.2) is 28.7 Å². The third kappa shape index (κ3) is 1.70. The summed E-state index contributed by atoms with van der Waals surface area (Å²) in [5.41, 5.74) is 0.837. The lowest BCUT2D eigenvalue weighted by Gasteiger charge is -2.08. The second-order valence-electron chi connectivity index (χ2n) is 3.20. The van der Waals surface area contributed by atoms with Gasteiger partial charge in [-0.25, -0.2) is 0 Å². The number of Topliss-reactive ketones (excluding diaryl/α,β-unsaturated/α-hetero) is 1. The molecule has 0 radical (unpaired) electrons. The third-order valence-electron chi connectivity index (χ3n) is 2.17. The summed E-state index contributed by atoms with van der Waals surface area (Å²) < 4.78 is 0.957. The van der Waals surface area contributed by atoms with Crippen molar-refractivity contribution in [3.63, 3.8) is 0 Å². The second kappa shape index (κ2) is 3.53. The van der Waals surface area contributed by atoms with Crippen LogP contribution in [-0.2, 0) is 9.59 Å². The van der Waals surface area contributed by atoms with Crippen molar-refractivity contribution in [2.24, 2.45) is 0 Å². The van der Waals surface area contributed by atoms with Crippen LogP contribution in [0.3, 0.4) is 0 Å². The summed E-state index contributed by atoms with van der Waals surface area (Å²) in [7, 11) is 0. The first-order valence-electron chi connectivity index (χ1n) is 4.24. The van der Waals surface area contributed by atoms with Gasteiger partial charge in [0.25, 0.3) is 0 Å². The van der Waals surface area contributed by atoms with Crippen molar-refractivity contribution in [2.45, 2.75) is 12.5 Å². The fourth-order valence-corrected chi connectivity index (χ4v) is 1.74. The van der Waals surface area contributed by atoms with Crippen LogP contribution in [0, 0.1) is 0 Å². The van der Waals surface area contributed by atoms with Crippen LogP contribution in [0.1, 0.15) is 18.0 Å². The van der Waals surface area contributed by atoms with Crippen LogP contribution in [0.2, 0.25) is 0 Å². The highest BCUT2D eigenvalue weighted by atomic mass is 79.9. The topological polar surface area (TPSA) is 46.2 Å². The zero-order chi connectivity index (χ0) is 10.1. The van der Waals surface area contributed by atoms with Crippen molar-refractivity contribution in [3.8, 4) is 0 Å². The molecular weight excluding hydrogens is 246 g/mol. The van der Waals surface area contributed by atoms with Crippen LogP contribution in [0.4, 0.5) is 0 Å². The second-order valence-corrected chi connectivity index (χ2v) is 4.11. The number of amides is 1. The number of carbonyl (C=O) groups excluding carboxylic acids is 2. The van der Waals surface area contributed by atoms with Crippen LogP contribution < -0.4 is 5.32 Å². The molecule has 1 aliphatic heterocycles. The fourth-order valence-electron chi connectivity index (χ4n) is 1.48. The molecule has 1 amide bonds. The quantitative estimate of drug-likeness (QED) is 0.773. The Hall–Kier alpha value is -1.16. The van der Waals surface area contributed by atoms with Crippen LogP contribution in [0.25, 0.3) is 0 Å². The lowest BCUT2D eigenvalue weighted by molar-refractivity contribution is -0.122. The van der Waals surface area contributed by atoms with Gasteiger partial charge in [0.1, 0.15) is 6.04 Å². The van der Waals surface area contributed by atoms with Gasteiger partial charge in [-0.2, -0.15) is 0 Å². The third-order valence-corrected chi connectivity index (χ3v) is 2.69. The van der Waals surface area contributed by atoms with Crippen molar-refractivity contribution in [1.82, 2.24) is 5.32 Å². The molecule has 1 aromatic rings. The zero-order valence-corrected chi connectivity index (χ0v) is 8.87. The largest absolute Gasteiger partial charge is 0.342 e. The fraction of sp³-hybridized carbons (Fsp3) is 0.200. The Kier molecular flexibility index (Phi) is 2.37. The predicted molar refractivity (Wildman–Crippen MR) is 54.6 cm³/mol. The molecule has 0 bridgehead atoms. The lowest BCUT2D eigenvalue weighted by Crippen LogP contribution is -2.20. The van der Waals surface area contributed by atoms with E-state index in [2.05, 4.69) is 21.2 Å². The molecule has 14 heavy (non-hydrogen) atoms. The molecule has 1 fully saturated rings.